The molecule has 0 bridgehead atoms. The van der Waals surface area contributed by atoms with E-state index in [9.17, 15) is 0 Å². The molecule has 1 heterocycles. The Morgan fingerprint density at radius 3 is 2.71 bits per heavy atom. The second-order valence-electron chi connectivity index (χ2n) is 4.00. The summed E-state index contributed by atoms with van der Waals surface area (Å²) < 4.78 is 2.03. The fraction of sp³-hybridized carbons (Fsp3) is 0.214. The SMILES string of the molecule is C/C(=C/CO)c1ccc(Cn2ccnc2)cc1. The molecular weight excluding hydrogens is 212 g/mol. The van der Waals surface area contributed by atoms with E-state index in [1.165, 1.54) is 5.56 Å². The zero-order valence-electron chi connectivity index (χ0n) is 9.87. The number of aromatic nitrogens is 2. The first-order valence-corrected chi connectivity index (χ1v) is 5.62. The summed E-state index contributed by atoms with van der Waals surface area (Å²) in [4.78, 5) is 4.01. The summed E-state index contributed by atoms with van der Waals surface area (Å²) in [6.07, 6.45) is 7.35. The molecule has 2 rings (SSSR count). The number of hydrogen-bond donors (Lipinski definition) is 1. The topological polar surface area (TPSA) is 38.0 Å². The van der Waals surface area contributed by atoms with Gasteiger partial charge in [-0.3, -0.25) is 0 Å². The molecule has 1 aromatic heterocycles. The molecule has 1 aromatic carbocycles. The van der Waals surface area contributed by atoms with Gasteiger partial charge in [-0.15, -0.1) is 0 Å². The molecule has 0 fully saturated rings. The predicted octanol–water partition coefficient (Wildman–Crippen LogP) is 2.33. The fourth-order valence-corrected chi connectivity index (χ4v) is 1.72. The third-order valence-electron chi connectivity index (χ3n) is 2.73. The van der Waals surface area contributed by atoms with Gasteiger partial charge in [0.15, 0.2) is 0 Å². The van der Waals surface area contributed by atoms with E-state index in [0.717, 1.165) is 17.7 Å². The second kappa shape index (κ2) is 5.46. The Kier molecular flexibility index (Phi) is 3.73. The van der Waals surface area contributed by atoms with Gasteiger partial charge in [0, 0.05) is 18.9 Å². The van der Waals surface area contributed by atoms with Crippen molar-refractivity contribution in [1.29, 1.82) is 0 Å². The number of nitrogens with zero attached hydrogens (tertiary/aromatic N) is 2. The number of imidazole rings is 1. The Morgan fingerprint density at radius 1 is 1.35 bits per heavy atom. The van der Waals surface area contributed by atoms with Gasteiger partial charge >= 0.3 is 0 Å². The van der Waals surface area contributed by atoms with Crippen LogP contribution in [0.15, 0.2) is 49.1 Å². The van der Waals surface area contributed by atoms with Crippen molar-refractivity contribution < 1.29 is 5.11 Å². The minimum atomic E-state index is 0.0859. The Hall–Kier alpha value is -1.87. The van der Waals surface area contributed by atoms with Crippen molar-refractivity contribution in [3.05, 3.63) is 60.2 Å². The summed E-state index contributed by atoms with van der Waals surface area (Å²) in [5.74, 6) is 0. The minimum Gasteiger partial charge on any atom is -0.392 e. The summed E-state index contributed by atoms with van der Waals surface area (Å²) in [5.41, 5.74) is 3.48. The van der Waals surface area contributed by atoms with Gasteiger partial charge in [0.05, 0.1) is 12.9 Å². The van der Waals surface area contributed by atoms with Crippen LogP contribution in [-0.4, -0.2) is 21.3 Å². The van der Waals surface area contributed by atoms with Crippen LogP contribution in [0.1, 0.15) is 18.1 Å². The number of aliphatic hydroxyl groups is 1. The van der Waals surface area contributed by atoms with Crippen LogP contribution >= 0.6 is 0 Å². The van der Waals surface area contributed by atoms with Crippen LogP contribution in [0, 0.1) is 0 Å². The molecule has 0 atom stereocenters. The Bertz CT molecular complexity index is 483. The largest absolute Gasteiger partial charge is 0.392 e. The van der Waals surface area contributed by atoms with Crippen molar-refractivity contribution in [2.24, 2.45) is 0 Å². The number of hydrogen-bond acceptors (Lipinski definition) is 2. The molecular formula is C14H16N2O. The highest BCUT2D eigenvalue weighted by Crippen LogP contribution is 2.14. The molecule has 3 heteroatoms. The van der Waals surface area contributed by atoms with Gasteiger partial charge in [-0.25, -0.2) is 4.98 Å². The standard InChI is InChI=1S/C14H16N2O/c1-12(6-9-17)14-4-2-13(3-5-14)10-16-8-7-15-11-16/h2-8,11,17H,9-10H2,1H3/b12-6-. The fourth-order valence-electron chi connectivity index (χ4n) is 1.72. The lowest BCUT2D eigenvalue weighted by Gasteiger charge is -2.05. The summed E-state index contributed by atoms with van der Waals surface area (Å²) in [5, 5.41) is 8.84. The second-order valence-corrected chi connectivity index (χ2v) is 4.00. The molecule has 0 saturated carbocycles. The minimum absolute atomic E-state index is 0.0859. The lowest BCUT2D eigenvalue weighted by atomic mass is 10.1. The Morgan fingerprint density at radius 2 is 2.12 bits per heavy atom. The first-order valence-electron chi connectivity index (χ1n) is 5.62. The third-order valence-corrected chi connectivity index (χ3v) is 2.73. The van der Waals surface area contributed by atoms with E-state index in [1.807, 2.05) is 30.1 Å². The zero-order valence-corrected chi connectivity index (χ0v) is 9.87. The van der Waals surface area contributed by atoms with Crippen molar-refractivity contribution in [2.45, 2.75) is 13.5 Å². The lowest BCUT2D eigenvalue weighted by Crippen LogP contribution is -1.96. The highest BCUT2D eigenvalue weighted by molar-refractivity contribution is 5.63. The molecule has 0 aliphatic heterocycles. The average Bonchev–Trinajstić information content (AvgIpc) is 2.83. The van der Waals surface area contributed by atoms with Crippen molar-refractivity contribution in [3.63, 3.8) is 0 Å². The molecule has 0 aliphatic carbocycles. The molecule has 88 valence electrons. The van der Waals surface area contributed by atoms with Gasteiger partial charge in [-0.2, -0.15) is 0 Å². The van der Waals surface area contributed by atoms with Crippen molar-refractivity contribution in [3.8, 4) is 0 Å². The normalized spacial score (nSPS) is 11.8. The molecule has 17 heavy (non-hydrogen) atoms. The predicted molar refractivity (Wildman–Crippen MR) is 68.5 cm³/mol. The third kappa shape index (κ3) is 3.04. The van der Waals surface area contributed by atoms with Crippen molar-refractivity contribution in [2.75, 3.05) is 6.61 Å². The summed E-state index contributed by atoms with van der Waals surface area (Å²) in [6.45, 7) is 2.92. The molecule has 0 saturated heterocycles. The number of rotatable bonds is 4. The van der Waals surface area contributed by atoms with Crippen LogP contribution in [0.4, 0.5) is 0 Å². The van der Waals surface area contributed by atoms with Crippen LogP contribution in [-0.2, 0) is 6.54 Å². The van der Waals surface area contributed by atoms with Crippen molar-refractivity contribution >= 4 is 5.57 Å². The van der Waals surface area contributed by atoms with Gasteiger partial charge in [0.1, 0.15) is 0 Å². The number of aliphatic hydroxyl groups excluding tert-OH is 1. The average molecular weight is 228 g/mol. The quantitative estimate of drug-likeness (QED) is 0.872. The van der Waals surface area contributed by atoms with Gasteiger partial charge < -0.3 is 9.67 Å². The monoisotopic (exact) mass is 228 g/mol. The summed E-state index contributed by atoms with van der Waals surface area (Å²) in [6, 6.07) is 8.36. The smallest absolute Gasteiger partial charge is 0.0949 e. The van der Waals surface area contributed by atoms with E-state index < -0.39 is 0 Å². The molecule has 2 aromatic rings. The van der Waals surface area contributed by atoms with Crippen LogP contribution in [0.5, 0.6) is 0 Å². The van der Waals surface area contributed by atoms with Crippen LogP contribution in [0.3, 0.4) is 0 Å². The molecule has 3 nitrogen and oxygen atoms in total. The number of allylic oxidation sites excluding steroid dienone is 1. The molecule has 0 amide bonds. The molecule has 1 N–H and O–H groups in total. The summed E-state index contributed by atoms with van der Waals surface area (Å²) in [7, 11) is 0. The van der Waals surface area contributed by atoms with E-state index in [4.69, 9.17) is 5.11 Å². The van der Waals surface area contributed by atoms with E-state index in [-0.39, 0.29) is 6.61 Å². The summed E-state index contributed by atoms with van der Waals surface area (Å²) >= 11 is 0. The molecule has 0 unspecified atom stereocenters. The van der Waals surface area contributed by atoms with Crippen LogP contribution < -0.4 is 0 Å². The van der Waals surface area contributed by atoms with Crippen molar-refractivity contribution in [1.82, 2.24) is 9.55 Å². The lowest BCUT2D eigenvalue weighted by molar-refractivity contribution is 0.343. The van der Waals surface area contributed by atoms with E-state index in [2.05, 4.69) is 29.2 Å². The van der Waals surface area contributed by atoms with Gasteiger partial charge in [-0.05, 0) is 23.6 Å². The maximum absolute atomic E-state index is 8.84. The molecule has 0 radical (unpaired) electrons. The van der Waals surface area contributed by atoms with Crippen LogP contribution in [0.25, 0.3) is 5.57 Å². The highest BCUT2D eigenvalue weighted by atomic mass is 16.2. The maximum atomic E-state index is 8.84. The zero-order chi connectivity index (χ0) is 12.1. The highest BCUT2D eigenvalue weighted by Gasteiger charge is 1.97. The van der Waals surface area contributed by atoms with Gasteiger partial charge in [0.25, 0.3) is 0 Å². The van der Waals surface area contributed by atoms with E-state index >= 15 is 0 Å². The first kappa shape index (κ1) is 11.6. The number of benzene rings is 1. The maximum Gasteiger partial charge on any atom is 0.0949 e. The van der Waals surface area contributed by atoms with Crippen LogP contribution in [0.2, 0.25) is 0 Å². The molecule has 0 aliphatic rings. The molecule has 0 spiro atoms. The van der Waals surface area contributed by atoms with Gasteiger partial charge in [0.2, 0.25) is 0 Å². The van der Waals surface area contributed by atoms with Gasteiger partial charge in [-0.1, -0.05) is 30.3 Å². The Balaban J connectivity index is 2.10. The first-order chi connectivity index (χ1) is 8.29. The Labute approximate surface area is 101 Å². The van der Waals surface area contributed by atoms with E-state index in [0.29, 0.717) is 0 Å². The van der Waals surface area contributed by atoms with E-state index in [1.54, 1.807) is 6.20 Å².